The van der Waals surface area contributed by atoms with E-state index in [2.05, 4.69) is 15.6 Å². The van der Waals surface area contributed by atoms with E-state index in [0.717, 1.165) is 0 Å². The Hall–Kier alpha value is -4.05. The van der Waals surface area contributed by atoms with Gasteiger partial charge in [-0.15, -0.1) is 5.10 Å². The van der Waals surface area contributed by atoms with Crippen molar-refractivity contribution in [3.8, 4) is 0 Å². The molecule has 2 amide bonds. The predicted octanol–water partition coefficient (Wildman–Crippen LogP) is 3.32. The lowest BCUT2D eigenvalue weighted by molar-refractivity contribution is -0.127. The van der Waals surface area contributed by atoms with Crippen LogP contribution in [0.5, 0.6) is 0 Å². The zero-order chi connectivity index (χ0) is 24.9. The van der Waals surface area contributed by atoms with Crippen LogP contribution in [0.2, 0.25) is 0 Å². The van der Waals surface area contributed by atoms with Crippen LogP contribution in [0.4, 0.5) is 10.1 Å². The number of ether oxygens (including phenoxy) is 1. The number of aromatic nitrogens is 3. The lowest BCUT2D eigenvalue weighted by atomic mass is 10.1. The Morgan fingerprint density at radius 3 is 2.69 bits per heavy atom. The van der Waals surface area contributed by atoms with Crippen LogP contribution in [-0.2, 0) is 20.9 Å². The van der Waals surface area contributed by atoms with E-state index >= 15 is 0 Å². The normalized spacial score (nSPS) is 12.0. The molecule has 2 aromatic carbocycles. The number of halogens is 1. The summed E-state index contributed by atoms with van der Waals surface area (Å²) >= 11 is 0. The van der Waals surface area contributed by atoms with Gasteiger partial charge < -0.3 is 14.5 Å². The van der Waals surface area contributed by atoms with Crippen LogP contribution in [0.3, 0.4) is 0 Å². The summed E-state index contributed by atoms with van der Waals surface area (Å²) in [6, 6.07) is 13.8. The van der Waals surface area contributed by atoms with Crippen LogP contribution < -0.4 is 10.2 Å². The first-order valence-electron chi connectivity index (χ1n) is 11.1. The zero-order valence-corrected chi connectivity index (χ0v) is 19.7. The van der Waals surface area contributed by atoms with E-state index < -0.39 is 23.7 Å². The number of hydrogen-bond acceptors (Lipinski definition) is 6. The van der Waals surface area contributed by atoms with Crippen molar-refractivity contribution in [3.63, 3.8) is 0 Å². The summed E-state index contributed by atoms with van der Waals surface area (Å²) in [4.78, 5) is 28.4. The molecule has 9 nitrogen and oxygen atoms in total. The van der Waals surface area contributed by atoms with Gasteiger partial charge >= 0.3 is 0 Å². The van der Waals surface area contributed by atoms with Crippen LogP contribution >= 0.6 is 0 Å². The lowest BCUT2D eigenvalue weighted by Crippen LogP contribution is -2.45. The summed E-state index contributed by atoms with van der Waals surface area (Å²) < 4.78 is 26.8. The molecule has 182 valence electrons. The van der Waals surface area contributed by atoms with Crippen LogP contribution in [0.1, 0.15) is 23.1 Å². The standard InChI is InChI=1S/C25H26FN5O4/c1-16-8-10-18(14-19(16)26)31(23(32)15-30-21-7-5-4-6-20(21)28-29-30)24(22-11-9-17(2)35-22)25(33)27-12-13-34-3/h4-11,14,24H,12-13,15H2,1-3H3,(H,27,33)/t24-/m0/s1. The van der Waals surface area contributed by atoms with Crippen molar-refractivity contribution in [2.45, 2.75) is 26.4 Å². The second-order valence-electron chi connectivity index (χ2n) is 8.07. The van der Waals surface area contributed by atoms with Crippen molar-refractivity contribution in [2.75, 3.05) is 25.2 Å². The molecule has 0 saturated carbocycles. The zero-order valence-electron chi connectivity index (χ0n) is 19.7. The first-order chi connectivity index (χ1) is 16.9. The Morgan fingerprint density at radius 2 is 1.97 bits per heavy atom. The summed E-state index contributed by atoms with van der Waals surface area (Å²) in [6.07, 6.45) is 0. The average molecular weight is 480 g/mol. The minimum atomic E-state index is -1.19. The van der Waals surface area contributed by atoms with Crippen LogP contribution in [-0.4, -0.2) is 47.1 Å². The van der Waals surface area contributed by atoms with Crippen molar-refractivity contribution < 1.29 is 23.1 Å². The van der Waals surface area contributed by atoms with Gasteiger partial charge in [-0.3, -0.25) is 14.5 Å². The van der Waals surface area contributed by atoms with Gasteiger partial charge in [-0.2, -0.15) is 0 Å². The van der Waals surface area contributed by atoms with Gasteiger partial charge in [0.2, 0.25) is 5.91 Å². The number of nitrogens with one attached hydrogen (secondary N) is 1. The fraction of sp³-hybridized carbons (Fsp3) is 0.280. The van der Waals surface area contributed by atoms with Gasteiger partial charge in [-0.25, -0.2) is 9.07 Å². The third-order valence-electron chi connectivity index (χ3n) is 5.55. The Morgan fingerprint density at radius 1 is 1.17 bits per heavy atom. The molecule has 2 heterocycles. The fourth-order valence-corrected chi connectivity index (χ4v) is 3.75. The molecule has 0 aliphatic carbocycles. The highest BCUT2D eigenvalue weighted by molar-refractivity contribution is 6.01. The molecular weight excluding hydrogens is 453 g/mol. The lowest BCUT2D eigenvalue weighted by Gasteiger charge is -2.30. The minimum absolute atomic E-state index is 0.212. The summed E-state index contributed by atoms with van der Waals surface area (Å²) in [6.45, 7) is 3.65. The molecule has 0 spiro atoms. The number of carbonyl (C=O) groups is 2. The Kier molecular flexibility index (Phi) is 7.21. The maximum Gasteiger partial charge on any atom is 0.251 e. The van der Waals surface area contributed by atoms with E-state index in [1.165, 1.54) is 22.8 Å². The molecule has 0 fully saturated rings. The van der Waals surface area contributed by atoms with Gasteiger partial charge in [0.05, 0.1) is 12.1 Å². The Labute approximate surface area is 201 Å². The number of nitrogens with zero attached hydrogens (tertiary/aromatic N) is 4. The average Bonchev–Trinajstić information content (AvgIpc) is 3.45. The van der Waals surface area contributed by atoms with Gasteiger partial charge in [0.25, 0.3) is 5.91 Å². The number of anilines is 1. The summed E-state index contributed by atoms with van der Waals surface area (Å²) in [5.41, 5.74) is 1.91. The Bertz CT molecular complexity index is 1350. The smallest absolute Gasteiger partial charge is 0.251 e. The molecule has 0 bridgehead atoms. The summed E-state index contributed by atoms with van der Waals surface area (Å²) in [5.74, 6) is -0.672. The molecular formula is C25H26FN5O4. The second kappa shape index (κ2) is 10.5. The highest BCUT2D eigenvalue weighted by Gasteiger charge is 2.35. The number of furan rings is 1. The Balaban J connectivity index is 1.78. The number of aryl methyl sites for hydroxylation is 2. The maximum atomic E-state index is 14.6. The molecule has 0 aliphatic heterocycles. The minimum Gasteiger partial charge on any atom is -0.464 e. The van der Waals surface area contributed by atoms with Gasteiger partial charge in [0.1, 0.15) is 29.4 Å². The van der Waals surface area contributed by atoms with Gasteiger partial charge in [-0.05, 0) is 55.8 Å². The maximum absolute atomic E-state index is 14.6. The largest absolute Gasteiger partial charge is 0.464 e. The first kappa shape index (κ1) is 24.1. The molecule has 35 heavy (non-hydrogen) atoms. The monoisotopic (exact) mass is 479 g/mol. The first-order valence-corrected chi connectivity index (χ1v) is 11.1. The van der Waals surface area contributed by atoms with Crippen molar-refractivity contribution >= 4 is 28.5 Å². The highest BCUT2D eigenvalue weighted by atomic mass is 19.1. The third-order valence-corrected chi connectivity index (χ3v) is 5.55. The van der Waals surface area contributed by atoms with E-state index in [1.807, 2.05) is 12.1 Å². The van der Waals surface area contributed by atoms with E-state index in [1.54, 1.807) is 50.2 Å². The van der Waals surface area contributed by atoms with Gasteiger partial charge in [0.15, 0.2) is 6.04 Å². The van der Waals surface area contributed by atoms with Crippen molar-refractivity contribution in [1.29, 1.82) is 0 Å². The number of carbonyl (C=O) groups excluding carboxylic acids is 2. The number of para-hydroxylation sites is 1. The van der Waals surface area contributed by atoms with Crippen molar-refractivity contribution in [2.24, 2.45) is 0 Å². The quantitative estimate of drug-likeness (QED) is 0.370. The number of amides is 2. The molecule has 4 rings (SSSR count). The van der Waals surface area contributed by atoms with Crippen molar-refractivity contribution in [1.82, 2.24) is 20.3 Å². The second-order valence-corrected chi connectivity index (χ2v) is 8.07. The summed E-state index contributed by atoms with van der Waals surface area (Å²) in [7, 11) is 1.52. The third kappa shape index (κ3) is 5.22. The highest BCUT2D eigenvalue weighted by Crippen LogP contribution is 2.31. The van der Waals surface area contributed by atoms with Crippen LogP contribution in [0.25, 0.3) is 11.0 Å². The molecule has 4 aromatic rings. The number of benzene rings is 2. The van der Waals surface area contributed by atoms with E-state index in [4.69, 9.17) is 9.15 Å². The van der Waals surface area contributed by atoms with E-state index in [9.17, 15) is 14.0 Å². The molecule has 1 N–H and O–H groups in total. The number of methoxy groups -OCH3 is 1. The predicted molar refractivity (Wildman–Crippen MR) is 127 cm³/mol. The fourth-order valence-electron chi connectivity index (χ4n) is 3.75. The number of hydrogen-bond donors (Lipinski definition) is 1. The molecule has 0 radical (unpaired) electrons. The molecule has 0 saturated heterocycles. The van der Waals surface area contributed by atoms with Crippen LogP contribution in [0.15, 0.2) is 59.0 Å². The van der Waals surface area contributed by atoms with Crippen LogP contribution in [0, 0.1) is 19.7 Å². The molecule has 0 unspecified atom stereocenters. The SMILES string of the molecule is COCCNC(=O)[C@H](c1ccc(C)o1)N(C(=O)Cn1nnc2ccccc21)c1ccc(C)c(F)c1. The molecule has 1 atom stereocenters. The van der Waals surface area contributed by atoms with Gasteiger partial charge in [-0.1, -0.05) is 23.4 Å². The van der Waals surface area contributed by atoms with E-state index in [-0.39, 0.29) is 31.1 Å². The number of fused-ring (bicyclic) bond motifs is 1. The van der Waals surface area contributed by atoms with E-state index in [0.29, 0.717) is 22.4 Å². The summed E-state index contributed by atoms with van der Waals surface area (Å²) in [5, 5.41) is 10.9. The molecule has 2 aromatic heterocycles. The molecule has 0 aliphatic rings. The molecule has 10 heteroatoms. The topological polar surface area (TPSA) is 102 Å². The van der Waals surface area contributed by atoms with Crippen molar-refractivity contribution in [3.05, 3.63) is 77.5 Å². The van der Waals surface area contributed by atoms with Gasteiger partial charge in [0, 0.05) is 19.3 Å². The number of rotatable bonds is 9.